The number of pyridine rings is 1. The van der Waals surface area contributed by atoms with E-state index in [1.54, 1.807) is 32.2 Å². The molecule has 0 bridgehead atoms. The van der Waals surface area contributed by atoms with Gasteiger partial charge in [0, 0.05) is 36.1 Å². The van der Waals surface area contributed by atoms with Gasteiger partial charge in [-0.05, 0) is 43.7 Å². The zero-order valence-electron chi connectivity index (χ0n) is 15.1. The smallest absolute Gasteiger partial charge is 0.267 e. The summed E-state index contributed by atoms with van der Waals surface area (Å²) in [6, 6.07) is 8.51. The molecule has 3 aromatic heterocycles. The molecule has 0 fully saturated rings. The minimum atomic E-state index is -0.349. The van der Waals surface area contributed by atoms with Crippen molar-refractivity contribution >= 4 is 34.0 Å². The zero-order valence-corrected chi connectivity index (χ0v) is 15.9. The lowest BCUT2D eigenvalue weighted by atomic mass is 10.2. The number of nitrogens with one attached hydrogen (secondary N) is 1. The van der Waals surface area contributed by atoms with Gasteiger partial charge in [0.2, 0.25) is 0 Å². The summed E-state index contributed by atoms with van der Waals surface area (Å²) in [6.07, 6.45) is 3.71. The molecule has 1 amide bonds. The third-order valence-electron chi connectivity index (χ3n) is 4.40. The number of amides is 1. The molecule has 136 valence electrons. The number of rotatable bonds is 3. The maximum Gasteiger partial charge on any atom is 0.267 e. The summed E-state index contributed by atoms with van der Waals surface area (Å²) >= 11 is 1.32. The van der Waals surface area contributed by atoms with Gasteiger partial charge in [-0.3, -0.25) is 4.79 Å². The van der Waals surface area contributed by atoms with Crippen LogP contribution in [0.2, 0.25) is 0 Å². The average Bonchev–Trinajstić information content (AvgIpc) is 3.19. The molecule has 0 unspecified atom stereocenters. The number of nitrogens with zero attached hydrogens (tertiary/aromatic N) is 3. The standard InChI is InChI=1S/C20H17FN4OS/c1-11-6-7-13(9-16(11)21)24-19(26)17-12(2)23-20(27-17)15-10-25(3)18-14(15)5-4-8-22-18/h4-10H,1-3H3,(H,24,26). The molecule has 0 spiro atoms. The highest BCUT2D eigenvalue weighted by Crippen LogP contribution is 2.34. The summed E-state index contributed by atoms with van der Waals surface area (Å²) in [5.74, 6) is -0.643. The molecule has 0 saturated carbocycles. The second-order valence-electron chi connectivity index (χ2n) is 6.38. The van der Waals surface area contributed by atoms with Crippen molar-refractivity contribution in [3.63, 3.8) is 0 Å². The minimum Gasteiger partial charge on any atom is -0.335 e. The van der Waals surface area contributed by atoms with Crippen LogP contribution >= 0.6 is 11.3 Å². The molecule has 0 atom stereocenters. The van der Waals surface area contributed by atoms with Crippen molar-refractivity contribution in [1.29, 1.82) is 0 Å². The molecule has 0 aliphatic carbocycles. The number of halogens is 1. The van der Waals surface area contributed by atoms with Crippen LogP contribution in [-0.2, 0) is 7.05 Å². The fourth-order valence-corrected chi connectivity index (χ4v) is 3.95. The Bertz CT molecular complexity index is 1180. The summed E-state index contributed by atoms with van der Waals surface area (Å²) in [6.45, 7) is 3.48. The molecular formula is C20H17FN4OS. The highest BCUT2D eigenvalue weighted by atomic mass is 32.1. The van der Waals surface area contributed by atoms with Gasteiger partial charge in [0.05, 0.1) is 5.69 Å². The summed E-state index contributed by atoms with van der Waals surface area (Å²) in [7, 11) is 1.93. The lowest BCUT2D eigenvalue weighted by Gasteiger charge is -2.05. The molecule has 0 aliphatic heterocycles. The maximum atomic E-state index is 13.7. The van der Waals surface area contributed by atoms with Crippen LogP contribution in [0.1, 0.15) is 20.9 Å². The van der Waals surface area contributed by atoms with Crippen molar-refractivity contribution in [2.45, 2.75) is 13.8 Å². The van der Waals surface area contributed by atoms with Crippen molar-refractivity contribution in [1.82, 2.24) is 14.5 Å². The van der Waals surface area contributed by atoms with E-state index < -0.39 is 0 Å². The molecule has 5 nitrogen and oxygen atoms in total. The van der Waals surface area contributed by atoms with E-state index in [0.29, 0.717) is 21.8 Å². The lowest BCUT2D eigenvalue weighted by molar-refractivity contribution is 0.103. The van der Waals surface area contributed by atoms with Gasteiger partial charge in [-0.25, -0.2) is 14.4 Å². The molecular weight excluding hydrogens is 363 g/mol. The number of aryl methyl sites for hydroxylation is 3. The van der Waals surface area contributed by atoms with Crippen LogP contribution in [0.5, 0.6) is 0 Å². The molecule has 4 rings (SSSR count). The third kappa shape index (κ3) is 3.10. The summed E-state index contributed by atoms with van der Waals surface area (Å²) < 4.78 is 15.7. The lowest BCUT2D eigenvalue weighted by Crippen LogP contribution is -2.11. The van der Waals surface area contributed by atoms with Crippen LogP contribution in [0.4, 0.5) is 10.1 Å². The van der Waals surface area contributed by atoms with Crippen molar-refractivity contribution in [2.75, 3.05) is 5.32 Å². The Kier molecular flexibility index (Phi) is 4.24. The average molecular weight is 380 g/mol. The second kappa shape index (κ2) is 6.59. The van der Waals surface area contributed by atoms with E-state index in [4.69, 9.17) is 0 Å². The first-order valence-electron chi connectivity index (χ1n) is 8.39. The number of thiazole rings is 1. The molecule has 3 heterocycles. The van der Waals surface area contributed by atoms with Gasteiger partial charge < -0.3 is 9.88 Å². The van der Waals surface area contributed by atoms with Gasteiger partial charge in [0.15, 0.2) is 0 Å². The van der Waals surface area contributed by atoms with Gasteiger partial charge in [0.25, 0.3) is 5.91 Å². The molecule has 1 N–H and O–H groups in total. The minimum absolute atomic E-state index is 0.294. The molecule has 1 aromatic carbocycles. The zero-order chi connectivity index (χ0) is 19.1. The highest BCUT2D eigenvalue weighted by Gasteiger charge is 2.19. The van der Waals surface area contributed by atoms with Crippen LogP contribution in [0, 0.1) is 19.7 Å². The first-order chi connectivity index (χ1) is 12.9. The molecule has 4 aromatic rings. The molecule has 0 radical (unpaired) electrons. The Morgan fingerprint density at radius 1 is 1.26 bits per heavy atom. The number of hydrogen-bond donors (Lipinski definition) is 1. The molecule has 7 heteroatoms. The normalized spacial score (nSPS) is 11.1. The number of anilines is 1. The van der Waals surface area contributed by atoms with Crippen LogP contribution < -0.4 is 5.32 Å². The number of hydrogen-bond acceptors (Lipinski definition) is 4. The van der Waals surface area contributed by atoms with E-state index in [-0.39, 0.29) is 11.7 Å². The Balaban J connectivity index is 1.68. The molecule has 0 aliphatic rings. The van der Waals surface area contributed by atoms with E-state index in [1.807, 2.05) is 29.9 Å². The molecule has 0 saturated heterocycles. The van der Waals surface area contributed by atoms with Gasteiger partial charge in [0.1, 0.15) is 21.3 Å². The summed E-state index contributed by atoms with van der Waals surface area (Å²) in [5.41, 5.74) is 3.40. The van der Waals surface area contributed by atoms with Crippen molar-refractivity contribution < 1.29 is 9.18 Å². The van der Waals surface area contributed by atoms with Crippen LogP contribution in [0.15, 0.2) is 42.7 Å². The van der Waals surface area contributed by atoms with E-state index in [0.717, 1.165) is 21.6 Å². The fourth-order valence-electron chi connectivity index (χ4n) is 2.96. The third-order valence-corrected chi connectivity index (χ3v) is 5.59. The second-order valence-corrected chi connectivity index (χ2v) is 7.38. The topological polar surface area (TPSA) is 59.8 Å². The number of carbonyl (C=O) groups excluding carboxylic acids is 1. The van der Waals surface area contributed by atoms with Crippen LogP contribution in [0.25, 0.3) is 21.6 Å². The van der Waals surface area contributed by atoms with Crippen molar-refractivity contribution in [3.05, 3.63) is 64.7 Å². The quantitative estimate of drug-likeness (QED) is 0.560. The first kappa shape index (κ1) is 17.4. The number of fused-ring (bicyclic) bond motifs is 1. The van der Waals surface area contributed by atoms with E-state index in [1.165, 1.54) is 17.4 Å². The summed E-state index contributed by atoms with van der Waals surface area (Å²) in [4.78, 5) is 22.1. The monoisotopic (exact) mass is 380 g/mol. The molecule has 27 heavy (non-hydrogen) atoms. The van der Waals surface area contributed by atoms with E-state index in [2.05, 4.69) is 15.3 Å². The van der Waals surface area contributed by atoms with E-state index in [9.17, 15) is 9.18 Å². The fraction of sp³-hybridized carbons (Fsp3) is 0.150. The number of benzene rings is 1. The Morgan fingerprint density at radius 2 is 2.07 bits per heavy atom. The van der Waals surface area contributed by atoms with Gasteiger partial charge >= 0.3 is 0 Å². The maximum absolute atomic E-state index is 13.7. The van der Waals surface area contributed by atoms with Gasteiger partial charge in [-0.2, -0.15) is 0 Å². The van der Waals surface area contributed by atoms with Crippen LogP contribution in [0.3, 0.4) is 0 Å². The Hall–Kier alpha value is -3.06. The SMILES string of the molecule is Cc1ccc(NC(=O)c2sc(-c3cn(C)c4ncccc34)nc2C)cc1F. The Morgan fingerprint density at radius 3 is 2.85 bits per heavy atom. The van der Waals surface area contributed by atoms with Gasteiger partial charge in [-0.1, -0.05) is 6.07 Å². The van der Waals surface area contributed by atoms with Gasteiger partial charge in [-0.15, -0.1) is 11.3 Å². The predicted molar refractivity (Wildman–Crippen MR) is 106 cm³/mol. The Labute approximate surface area is 159 Å². The number of aromatic nitrogens is 3. The van der Waals surface area contributed by atoms with Crippen LogP contribution in [-0.4, -0.2) is 20.4 Å². The summed E-state index contributed by atoms with van der Waals surface area (Å²) in [5, 5.41) is 4.49. The van der Waals surface area contributed by atoms with E-state index >= 15 is 0 Å². The first-order valence-corrected chi connectivity index (χ1v) is 9.21. The largest absolute Gasteiger partial charge is 0.335 e. The van der Waals surface area contributed by atoms with Crippen molar-refractivity contribution in [2.24, 2.45) is 7.05 Å². The highest BCUT2D eigenvalue weighted by molar-refractivity contribution is 7.17. The number of carbonyl (C=O) groups is 1. The van der Waals surface area contributed by atoms with Crippen molar-refractivity contribution in [3.8, 4) is 10.6 Å². The predicted octanol–water partition coefficient (Wildman–Crippen LogP) is 4.71.